The molecule has 0 radical (unpaired) electrons. The lowest BCUT2D eigenvalue weighted by Gasteiger charge is -2.26. The summed E-state index contributed by atoms with van der Waals surface area (Å²) in [5.74, 6) is -0.190. The van der Waals surface area contributed by atoms with Crippen LogP contribution in [-0.4, -0.2) is 41.5 Å². The van der Waals surface area contributed by atoms with Gasteiger partial charge < -0.3 is 10.2 Å². The Morgan fingerprint density at radius 1 is 1.40 bits per heavy atom. The topological polar surface area (TPSA) is 45.2 Å². The highest BCUT2D eigenvalue weighted by Crippen LogP contribution is 2.26. The lowest BCUT2D eigenvalue weighted by molar-refractivity contribution is 0.0923. The molecule has 0 saturated carbocycles. The minimum absolute atomic E-state index is 0.142. The van der Waals surface area contributed by atoms with Crippen molar-refractivity contribution in [3.8, 4) is 0 Å². The number of piperidine rings is 1. The second-order valence-corrected chi connectivity index (χ2v) is 5.98. The third-order valence-electron chi connectivity index (χ3n) is 4.17. The molecule has 6 heteroatoms. The van der Waals surface area contributed by atoms with Crippen LogP contribution >= 0.6 is 11.6 Å². The first-order chi connectivity index (χ1) is 9.61. The molecule has 3 fully saturated rings. The molecule has 3 aliphatic heterocycles. The zero-order valence-electron chi connectivity index (χ0n) is 11.1. The first kappa shape index (κ1) is 13.8. The lowest BCUT2D eigenvalue weighted by atomic mass is 9.94. The largest absolute Gasteiger partial charge is 0.347 e. The monoisotopic (exact) mass is 297 g/mol. The number of pyridine rings is 1. The number of carbonyl (C=O) groups excluding carboxylic acids is 1. The van der Waals surface area contributed by atoms with Gasteiger partial charge in [0.1, 0.15) is 5.69 Å². The Hall–Kier alpha value is -1.20. The Labute approximate surface area is 122 Å². The first-order valence-electron chi connectivity index (χ1n) is 6.97. The van der Waals surface area contributed by atoms with E-state index in [0.29, 0.717) is 5.92 Å². The molecule has 108 valence electrons. The van der Waals surface area contributed by atoms with Gasteiger partial charge in [-0.1, -0.05) is 11.6 Å². The number of hydrogen-bond acceptors (Lipinski definition) is 3. The maximum Gasteiger partial charge on any atom is 0.270 e. The number of rotatable bonds is 2. The Balaban J connectivity index is 1.67. The lowest BCUT2D eigenvalue weighted by Crippen LogP contribution is -2.42. The zero-order chi connectivity index (χ0) is 14.1. The molecule has 1 amide bonds. The van der Waals surface area contributed by atoms with Crippen molar-refractivity contribution in [3.05, 3.63) is 28.8 Å². The van der Waals surface area contributed by atoms with Crippen molar-refractivity contribution < 1.29 is 9.18 Å². The predicted octanol–water partition coefficient (Wildman–Crippen LogP) is 2.09. The zero-order valence-corrected chi connectivity index (χ0v) is 11.9. The van der Waals surface area contributed by atoms with Crippen LogP contribution in [0.4, 0.5) is 4.39 Å². The smallest absolute Gasteiger partial charge is 0.270 e. The van der Waals surface area contributed by atoms with Crippen molar-refractivity contribution in [1.82, 2.24) is 15.2 Å². The van der Waals surface area contributed by atoms with Crippen molar-refractivity contribution in [1.29, 1.82) is 0 Å². The van der Waals surface area contributed by atoms with Crippen LogP contribution in [0.3, 0.4) is 0 Å². The summed E-state index contributed by atoms with van der Waals surface area (Å²) in [6, 6.07) is 2.68. The molecule has 4 nitrogen and oxygen atoms in total. The van der Waals surface area contributed by atoms with Crippen LogP contribution in [-0.2, 0) is 0 Å². The normalized spacial score (nSPS) is 29.0. The van der Waals surface area contributed by atoms with Crippen molar-refractivity contribution in [2.75, 3.05) is 19.6 Å². The van der Waals surface area contributed by atoms with E-state index < -0.39 is 5.82 Å². The number of aromatic nitrogens is 1. The number of halogens is 2. The molecule has 1 unspecified atom stereocenters. The van der Waals surface area contributed by atoms with E-state index in [1.165, 1.54) is 25.0 Å². The summed E-state index contributed by atoms with van der Waals surface area (Å²) in [4.78, 5) is 18.3. The standard InChI is InChI=1S/C14H17ClFN3O/c15-13-11(16)1-2-12(18-13)14(20)17-10-7-9-3-5-19(8-10)6-4-9/h1-2,9-10H,3-8H2,(H,17,20). The number of nitrogens with zero attached hydrogens (tertiary/aromatic N) is 2. The Bertz CT molecular complexity index is 503. The van der Waals surface area contributed by atoms with E-state index in [2.05, 4.69) is 15.2 Å². The van der Waals surface area contributed by atoms with Crippen molar-refractivity contribution in [2.45, 2.75) is 25.3 Å². The molecular formula is C14H17ClFN3O. The van der Waals surface area contributed by atoms with Crippen molar-refractivity contribution in [2.24, 2.45) is 5.92 Å². The molecule has 1 N–H and O–H groups in total. The molecule has 20 heavy (non-hydrogen) atoms. The maximum atomic E-state index is 13.1. The predicted molar refractivity (Wildman–Crippen MR) is 74.2 cm³/mol. The minimum Gasteiger partial charge on any atom is -0.347 e. The Morgan fingerprint density at radius 2 is 2.15 bits per heavy atom. The van der Waals surface area contributed by atoms with Gasteiger partial charge in [0.25, 0.3) is 5.91 Å². The fraction of sp³-hybridized carbons (Fsp3) is 0.571. The summed E-state index contributed by atoms with van der Waals surface area (Å²) in [6.07, 6.45) is 3.44. The van der Waals surface area contributed by atoms with E-state index >= 15 is 0 Å². The van der Waals surface area contributed by atoms with Crippen molar-refractivity contribution >= 4 is 17.5 Å². The van der Waals surface area contributed by atoms with Gasteiger partial charge in [-0.15, -0.1) is 0 Å². The van der Waals surface area contributed by atoms with Gasteiger partial charge in [0, 0.05) is 12.6 Å². The fourth-order valence-electron chi connectivity index (χ4n) is 3.10. The second kappa shape index (κ2) is 5.66. The van der Waals surface area contributed by atoms with E-state index in [9.17, 15) is 9.18 Å². The quantitative estimate of drug-likeness (QED) is 0.850. The molecule has 3 saturated heterocycles. The summed E-state index contributed by atoms with van der Waals surface area (Å²) in [6.45, 7) is 3.13. The van der Waals surface area contributed by atoms with E-state index in [1.54, 1.807) is 0 Å². The number of nitrogens with one attached hydrogen (secondary N) is 1. The third-order valence-corrected chi connectivity index (χ3v) is 4.44. The highest BCUT2D eigenvalue weighted by molar-refractivity contribution is 6.29. The van der Waals surface area contributed by atoms with Crippen LogP contribution in [0.25, 0.3) is 0 Å². The van der Waals surface area contributed by atoms with E-state index in [0.717, 1.165) is 26.1 Å². The van der Waals surface area contributed by atoms with Crippen molar-refractivity contribution in [3.63, 3.8) is 0 Å². The number of fused-ring (bicyclic) bond motifs is 4. The average Bonchev–Trinajstić information content (AvgIpc) is 2.74. The molecule has 0 aromatic carbocycles. The summed E-state index contributed by atoms with van der Waals surface area (Å²) in [5, 5.41) is 2.74. The fourth-order valence-corrected chi connectivity index (χ4v) is 3.25. The Morgan fingerprint density at radius 3 is 2.85 bits per heavy atom. The molecule has 1 atom stereocenters. The minimum atomic E-state index is -0.609. The Kier molecular flexibility index (Phi) is 3.89. The van der Waals surface area contributed by atoms with Crippen LogP contribution in [0.15, 0.2) is 12.1 Å². The summed E-state index contributed by atoms with van der Waals surface area (Å²) in [5.41, 5.74) is 0.169. The van der Waals surface area contributed by atoms with Crippen LogP contribution in [0.1, 0.15) is 29.8 Å². The van der Waals surface area contributed by atoms with Crippen LogP contribution in [0.5, 0.6) is 0 Å². The van der Waals surface area contributed by atoms with Crippen LogP contribution < -0.4 is 5.32 Å². The molecule has 3 aliphatic rings. The first-order valence-corrected chi connectivity index (χ1v) is 7.35. The highest BCUT2D eigenvalue weighted by Gasteiger charge is 2.30. The summed E-state index contributed by atoms with van der Waals surface area (Å²) in [7, 11) is 0. The van der Waals surface area contributed by atoms with Gasteiger partial charge in [0.2, 0.25) is 0 Å². The van der Waals surface area contributed by atoms with Gasteiger partial charge in [0.05, 0.1) is 0 Å². The molecule has 1 aromatic heterocycles. The maximum absolute atomic E-state index is 13.1. The van der Waals surface area contributed by atoms with Gasteiger partial charge in [-0.05, 0) is 50.4 Å². The molecular weight excluding hydrogens is 281 g/mol. The molecule has 2 bridgehead atoms. The van der Waals surface area contributed by atoms with E-state index in [4.69, 9.17) is 11.6 Å². The molecule has 1 aromatic rings. The number of amides is 1. The second-order valence-electron chi connectivity index (χ2n) is 5.62. The third kappa shape index (κ3) is 2.94. The molecule has 4 heterocycles. The van der Waals surface area contributed by atoms with Crippen LogP contribution in [0.2, 0.25) is 5.15 Å². The van der Waals surface area contributed by atoms with Gasteiger partial charge >= 0.3 is 0 Å². The van der Waals surface area contributed by atoms with Gasteiger partial charge in [0.15, 0.2) is 11.0 Å². The van der Waals surface area contributed by atoms with Crippen LogP contribution in [0, 0.1) is 11.7 Å². The SMILES string of the molecule is O=C(NC1CC2CCN(CC2)C1)c1ccc(F)c(Cl)n1. The van der Waals surface area contributed by atoms with Gasteiger partial charge in [-0.3, -0.25) is 4.79 Å². The van der Waals surface area contributed by atoms with E-state index in [1.807, 2.05) is 0 Å². The number of hydrogen-bond donors (Lipinski definition) is 1. The molecule has 0 spiro atoms. The molecule has 4 rings (SSSR count). The summed E-state index contributed by atoms with van der Waals surface area (Å²) < 4.78 is 13.1. The van der Waals surface area contributed by atoms with Gasteiger partial charge in [-0.25, -0.2) is 9.37 Å². The van der Waals surface area contributed by atoms with E-state index in [-0.39, 0.29) is 22.8 Å². The molecule has 0 aliphatic carbocycles. The number of carbonyl (C=O) groups is 1. The van der Waals surface area contributed by atoms with Gasteiger partial charge in [-0.2, -0.15) is 0 Å². The highest BCUT2D eigenvalue weighted by atomic mass is 35.5. The average molecular weight is 298 g/mol. The summed E-state index contributed by atoms with van der Waals surface area (Å²) >= 11 is 5.61.